The molecule has 5 rings (SSSR count). The Balaban J connectivity index is 1.23. The van der Waals surface area contributed by atoms with Crippen molar-refractivity contribution in [2.75, 3.05) is 36.4 Å². The van der Waals surface area contributed by atoms with Gasteiger partial charge in [0.15, 0.2) is 0 Å². The van der Waals surface area contributed by atoms with Crippen LogP contribution in [0.25, 0.3) is 10.8 Å². The summed E-state index contributed by atoms with van der Waals surface area (Å²) in [6.07, 6.45) is 0. The molecule has 176 valence electrons. The molecule has 0 aliphatic carbocycles. The van der Waals surface area contributed by atoms with Gasteiger partial charge in [0.25, 0.3) is 11.8 Å². The minimum Gasteiger partial charge on any atom is -0.367 e. The van der Waals surface area contributed by atoms with Crippen molar-refractivity contribution in [3.8, 4) is 0 Å². The molecule has 0 spiro atoms. The first-order valence-electron chi connectivity index (χ1n) is 11.7. The molecule has 5 nitrogen and oxygen atoms in total. The number of halogens is 1. The smallest absolute Gasteiger partial charge is 0.255 e. The lowest BCUT2D eigenvalue weighted by Gasteiger charge is -2.36. The van der Waals surface area contributed by atoms with Crippen molar-refractivity contribution in [1.82, 2.24) is 4.90 Å². The Labute approximate surface area is 209 Å². The fourth-order valence-corrected chi connectivity index (χ4v) is 4.81. The molecule has 1 N–H and O–H groups in total. The number of piperazine rings is 1. The van der Waals surface area contributed by atoms with E-state index in [0.717, 1.165) is 27.6 Å². The lowest BCUT2D eigenvalue weighted by Crippen LogP contribution is -2.49. The maximum Gasteiger partial charge on any atom is 0.255 e. The van der Waals surface area contributed by atoms with Gasteiger partial charge in [0.05, 0.1) is 10.7 Å². The van der Waals surface area contributed by atoms with Crippen molar-refractivity contribution >= 4 is 45.6 Å². The number of nitrogens with one attached hydrogen (secondary N) is 1. The summed E-state index contributed by atoms with van der Waals surface area (Å²) < 4.78 is 0. The molecule has 35 heavy (non-hydrogen) atoms. The molecule has 0 aromatic heterocycles. The number of aryl methyl sites for hydroxylation is 1. The van der Waals surface area contributed by atoms with Crippen molar-refractivity contribution in [3.63, 3.8) is 0 Å². The van der Waals surface area contributed by atoms with Gasteiger partial charge < -0.3 is 15.1 Å². The van der Waals surface area contributed by atoms with E-state index in [-0.39, 0.29) is 11.8 Å². The standard InChI is InChI=1S/C29H26ClN3O2/c1-20-6-2-5-9-25(20)29(35)33-16-14-32(15-17-33)27-13-12-24(19-26(27)30)31-28(34)23-11-10-21-7-3-4-8-22(21)18-23/h2-13,18-19H,14-17H2,1H3,(H,31,34). The van der Waals surface area contributed by atoms with Crippen LogP contribution in [-0.2, 0) is 0 Å². The monoisotopic (exact) mass is 483 g/mol. The third-order valence-corrected chi connectivity index (χ3v) is 6.80. The van der Waals surface area contributed by atoms with Gasteiger partial charge in [0, 0.05) is 43.0 Å². The zero-order valence-corrected chi connectivity index (χ0v) is 20.3. The molecule has 1 heterocycles. The highest BCUT2D eigenvalue weighted by Crippen LogP contribution is 2.30. The van der Waals surface area contributed by atoms with Gasteiger partial charge in [-0.05, 0) is 59.7 Å². The summed E-state index contributed by atoms with van der Waals surface area (Å²) in [7, 11) is 0. The predicted octanol–water partition coefficient (Wildman–Crippen LogP) is 6.02. The van der Waals surface area contributed by atoms with Crippen LogP contribution in [0, 0.1) is 6.92 Å². The largest absolute Gasteiger partial charge is 0.367 e. The van der Waals surface area contributed by atoms with Gasteiger partial charge in [-0.2, -0.15) is 0 Å². The molecular weight excluding hydrogens is 458 g/mol. The average molecular weight is 484 g/mol. The second-order valence-electron chi connectivity index (χ2n) is 8.78. The number of anilines is 2. The highest BCUT2D eigenvalue weighted by molar-refractivity contribution is 6.33. The Morgan fingerprint density at radius 2 is 1.51 bits per heavy atom. The molecule has 6 heteroatoms. The van der Waals surface area contributed by atoms with E-state index >= 15 is 0 Å². The quantitative estimate of drug-likeness (QED) is 0.386. The zero-order valence-electron chi connectivity index (χ0n) is 19.5. The third kappa shape index (κ3) is 4.86. The van der Waals surface area contributed by atoms with E-state index in [1.54, 1.807) is 6.07 Å². The van der Waals surface area contributed by atoms with E-state index in [4.69, 9.17) is 11.6 Å². The minimum atomic E-state index is -0.178. The summed E-state index contributed by atoms with van der Waals surface area (Å²) in [5, 5.41) is 5.63. The van der Waals surface area contributed by atoms with E-state index < -0.39 is 0 Å². The van der Waals surface area contributed by atoms with Crippen molar-refractivity contribution in [2.45, 2.75) is 6.92 Å². The highest BCUT2D eigenvalue weighted by Gasteiger charge is 2.24. The molecule has 1 aliphatic heterocycles. The number of fused-ring (bicyclic) bond motifs is 1. The Kier molecular flexibility index (Phi) is 6.43. The van der Waals surface area contributed by atoms with Crippen LogP contribution in [0.5, 0.6) is 0 Å². The number of hydrogen-bond acceptors (Lipinski definition) is 3. The van der Waals surface area contributed by atoms with Gasteiger partial charge in [-0.25, -0.2) is 0 Å². The Bertz CT molecular complexity index is 1410. The lowest BCUT2D eigenvalue weighted by molar-refractivity contribution is 0.0746. The number of benzene rings is 4. The second-order valence-corrected chi connectivity index (χ2v) is 9.18. The summed E-state index contributed by atoms with van der Waals surface area (Å²) in [5.74, 6) is -0.108. The normalized spacial score (nSPS) is 13.7. The third-order valence-electron chi connectivity index (χ3n) is 6.50. The van der Waals surface area contributed by atoms with E-state index in [1.165, 1.54) is 0 Å². The van der Waals surface area contributed by atoms with Crippen LogP contribution in [0.4, 0.5) is 11.4 Å². The Hall–Kier alpha value is -3.83. The summed E-state index contributed by atoms with van der Waals surface area (Å²) >= 11 is 6.61. The molecular formula is C29H26ClN3O2. The van der Waals surface area contributed by atoms with E-state index in [9.17, 15) is 9.59 Å². The molecule has 1 fully saturated rings. The fourth-order valence-electron chi connectivity index (χ4n) is 4.51. The first kappa shape index (κ1) is 22.9. The van der Waals surface area contributed by atoms with Crippen LogP contribution in [0.2, 0.25) is 5.02 Å². The maximum atomic E-state index is 12.9. The minimum absolute atomic E-state index is 0.0700. The highest BCUT2D eigenvalue weighted by atomic mass is 35.5. The van der Waals surface area contributed by atoms with Crippen molar-refractivity contribution in [2.24, 2.45) is 0 Å². The van der Waals surface area contributed by atoms with E-state index in [2.05, 4.69) is 10.2 Å². The van der Waals surface area contributed by atoms with E-state index in [0.29, 0.717) is 42.5 Å². The molecule has 0 atom stereocenters. The van der Waals surface area contributed by atoms with Gasteiger partial charge in [-0.15, -0.1) is 0 Å². The number of rotatable bonds is 4. The summed E-state index contributed by atoms with van der Waals surface area (Å²) in [5.41, 5.74) is 3.89. The molecule has 0 saturated carbocycles. The summed E-state index contributed by atoms with van der Waals surface area (Å²) in [6, 6.07) is 26.9. The number of amides is 2. The SMILES string of the molecule is Cc1ccccc1C(=O)N1CCN(c2ccc(NC(=O)c3ccc4ccccc4c3)cc2Cl)CC1. The van der Waals surface area contributed by atoms with E-state index in [1.807, 2.05) is 90.7 Å². The first-order chi connectivity index (χ1) is 17.0. The topological polar surface area (TPSA) is 52.7 Å². The van der Waals surface area contributed by atoms with Crippen molar-refractivity contribution < 1.29 is 9.59 Å². The molecule has 1 aliphatic rings. The van der Waals surface area contributed by atoms with Gasteiger partial charge in [0.2, 0.25) is 0 Å². The van der Waals surface area contributed by atoms with Crippen LogP contribution in [0.15, 0.2) is 84.9 Å². The second kappa shape index (κ2) is 9.80. The Morgan fingerprint density at radius 3 is 2.26 bits per heavy atom. The average Bonchev–Trinajstić information content (AvgIpc) is 2.88. The number of carbonyl (C=O) groups excluding carboxylic acids is 2. The zero-order chi connectivity index (χ0) is 24.4. The summed E-state index contributed by atoms with van der Waals surface area (Å²) in [6.45, 7) is 4.61. The van der Waals surface area contributed by atoms with Crippen LogP contribution in [-0.4, -0.2) is 42.9 Å². The van der Waals surface area contributed by atoms with Crippen molar-refractivity contribution in [1.29, 1.82) is 0 Å². The molecule has 2 amide bonds. The molecule has 1 saturated heterocycles. The Morgan fingerprint density at radius 1 is 0.800 bits per heavy atom. The molecule has 0 bridgehead atoms. The predicted molar refractivity (Wildman–Crippen MR) is 143 cm³/mol. The van der Waals surface area contributed by atoms with Crippen LogP contribution in [0.3, 0.4) is 0 Å². The first-order valence-corrected chi connectivity index (χ1v) is 12.1. The maximum absolute atomic E-state index is 12.9. The number of carbonyl (C=O) groups is 2. The van der Waals surface area contributed by atoms with Gasteiger partial charge in [-0.1, -0.05) is 60.1 Å². The van der Waals surface area contributed by atoms with Crippen molar-refractivity contribution in [3.05, 3.63) is 107 Å². The number of nitrogens with zero attached hydrogens (tertiary/aromatic N) is 2. The fraction of sp³-hybridized carbons (Fsp3) is 0.172. The lowest BCUT2D eigenvalue weighted by atomic mass is 10.1. The molecule has 0 unspecified atom stereocenters. The number of hydrogen-bond donors (Lipinski definition) is 1. The summed E-state index contributed by atoms with van der Waals surface area (Å²) in [4.78, 5) is 29.8. The van der Waals surface area contributed by atoms with Crippen LogP contribution >= 0.6 is 11.6 Å². The molecule has 0 radical (unpaired) electrons. The molecule has 4 aromatic rings. The van der Waals surface area contributed by atoms with Gasteiger partial charge in [-0.3, -0.25) is 9.59 Å². The molecule has 4 aromatic carbocycles. The van der Waals surface area contributed by atoms with Gasteiger partial charge >= 0.3 is 0 Å². The van der Waals surface area contributed by atoms with Gasteiger partial charge in [0.1, 0.15) is 0 Å². The van der Waals surface area contributed by atoms with Crippen LogP contribution in [0.1, 0.15) is 26.3 Å². The van der Waals surface area contributed by atoms with Crippen LogP contribution < -0.4 is 10.2 Å².